The number of rotatable bonds is 6. The van der Waals surface area contributed by atoms with Crippen LogP contribution in [0.25, 0.3) is 0 Å². The van der Waals surface area contributed by atoms with E-state index >= 15 is 0 Å². The molecule has 0 aromatic heterocycles. The Labute approximate surface area is 187 Å². The summed E-state index contributed by atoms with van der Waals surface area (Å²) in [6.45, 7) is -0.0573. The van der Waals surface area contributed by atoms with Gasteiger partial charge in [0.15, 0.2) is 18.1 Å². The number of hydrogen-bond acceptors (Lipinski definition) is 8. The highest BCUT2D eigenvalue weighted by molar-refractivity contribution is 6.21. The van der Waals surface area contributed by atoms with Crippen molar-refractivity contribution >= 4 is 35.4 Å². The van der Waals surface area contributed by atoms with Crippen molar-refractivity contribution in [2.45, 2.75) is 6.42 Å². The molecule has 0 bridgehead atoms. The second-order valence-corrected chi connectivity index (χ2v) is 7.08. The number of imide groups is 2. The van der Waals surface area contributed by atoms with Crippen LogP contribution in [0.2, 0.25) is 0 Å². The first kappa shape index (κ1) is 21.8. The van der Waals surface area contributed by atoms with Crippen LogP contribution in [0.1, 0.15) is 27.1 Å². The van der Waals surface area contributed by atoms with Crippen molar-refractivity contribution < 1.29 is 38.2 Å². The molecule has 2 heterocycles. The lowest BCUT2D eigenvalue weighted by Gasteiger charge is -2.19. The summed E-state index contributed by atoms with van der Waals surface area (Å²) in [5.74, 6) is -1.60. The molecular weight excluding hydrogens is 434 g/mol. The Bertz CT molecular complexity index is 1110. The standard InChI is InChI=1S/C22H19N3O8/c26-18(24-22(30)23-13-5-6-16-17(11-13)32-10-9-31-16)12-33-19(27)7-8-25-20(28)14-3-1-2-4-15(14)21(25)29/h1-6,11H,7-10,12H2,(H2,23,24,26,30). The number of benzene rings is 2. The predicted molar refractivity (Wildman–Crippen MR) is 112 cm³/mol. The van der Waals surface area contributed by atoms with Crippen LogP contribution in [0.4, 0.5) is 10.5 Å². The molecule has 170 valence electrons. The molecule has 0 unspecified atom stereocenters. The van der Waals surface area contributed by atoms with Crippen LogP contribution in [0.3, 0.4) is 0 Å². The molecule has 2 aromatic rings. The number of ether oxygens (including phenoxy) is 3. The van der Waals surface area contributed by atoms with Crippen molar-refractivity contribution in [3.05, 3.63) is 53.6 Å². The maximum atomic E-state index is 12.3. The molecule has 0 spiro atoms. The summed E-state index contributed by atoms with van der Waals surface area (Å²) < 4.78 is 15.6. The zero-order valence-electron chi connectivity index (χ0n) is 17.3. The minimum atomic E-state index is -0.848. The number of carbonyl (C=O) groups is 5. The summed E-state index contributed by atoms with van der Waals surface area (Å²) in [5.41, 5.74) is 0.932. The minimum Gasteiger partial charge on any atom is -0.486 e. The third kappa shape index (κ3) is 4.92. The molecule has 11 heteroatoms. The van der Waals surface area contributed by atoms with E-state index in [2.05, 4.69) is 5.32 Å². The highest BCUT2D eigenvalue weighted by atomic mass is 16.6. The molecule has 2 aliphatic heterocycles. The summed E-state index contributed by atoms with van der Waals surface area (Å²) in [5, 5.41) is 4.49. The van der Waals surface area contributed by atoms with E-state index in [-0.39, 0.29) is 24.1 Å². The fourth-order valence-electron chi connectivity index (χ4n) is 3.31. The van der Waals surface area contributed by atoms with Gasteiger partial charge in [0.1, 0.15) is 13.2 Å². The van der Waals surface area contributed by atoms with Crippen molar-refractivity contribution in [2.75, 3.05) is 31.7 Å². The summed E-state index contributed by atoms with van der Waals surface area (Å²) in [6.07, 6.45) is -0.290. The lowest BCUT2D eigenvalue weighted by atomic mass is 10.1. The largest absolute Gasteiger partial charge is 0.486 e. The normalized spacial score (nSPS) is 13.9. The average Bonchev–Trinajstić information content (AvgIpc) is 3.06. The first-order chi connectivity index (χ1) is 15.9. The second kappa shape index (κ2) is 9.39. The highest BCUT2D eigenvalue weighted by Crippen LogP contribution is 2.32. The van der Waals surface area contributed by atoms with Gasteiger partial charge in [0.25, 0.3) is 17.7 Å². The van der Waals surface area contributed by atoms with Gasteiger partial charge in [-0.05, 0) is 24.3 Å². The van der Waals surface area contributed by atoms with Crippen molar-refractivity contribution in [1.29, 1.82) is 0 Å². The van der Waals surface area contributed by atoms with Gasteiger partial charge in [-0.25, -0.2) is 4.79 Å². The quantitative estimate of drug-likeness (QED) is 0.493. The van der Waals surface area contributed by atoms with E-state index < -0.39 is 36.3 Å². The molecule has 2 aromatic carbocycles. The van der Waals surface area contributed by atoms with Gasteiger partial charge in [0.05, 0.1) is 17.5 Å². The highest BCUT2D eigenvalue weighted by Gasteiger charge is 2.35. The van der Waals surface area contributed by atoms with E-state index in [9.17, 15) is 24.0 Å². The zero-order valence-corrected chi connectivity index (χ0v) is 17.3. The number of urea groups is 1. The molecule has 33 heavy (non-hydrogen) atoms. The Kier molecular flexibility index (Phi) is 6.20. The van der Waals surface area contributed by atoms with E-state index in [1.807, 2.05) is 5.32 Å². The molecular formula is C22H19N3O8. The average molecular weight is 453 g/mol. The molecule has 2 N–H and O–H groups in total. The SMILES string of the molecule is O=C(COC(=O)CCN1C(=O)c2ccccc2C1=O)NC(=O)Nc1ccc2c(c1)OCCO2. The van der Waals surface area contributed by atoms with Crippen LogP contribution in [-0.2, 0) is 14.3 Å². The summed E-state index contributed by atoms with van der Waals surface area (Å²) in [7, 11) is 0. The third-order valence-corrected chi connectivity index (χ3v) is 4.83. The molecule has 4 rings (SSSR count). The van der Waals surface area contributed by atoms with Gasteiger partial charge < -0.3 is 19.5 Å². The number of anilines is 1. The monoisotopic (exact) mass is 453 g/mol. The van der Waals surface area contributed by atoms with E-state index in [4.69, 9.17) is 14.2 Å². The number of carbonyl (C=O) groups excluding carboxylic acids is 5. The van der Waals surface area contributed by atoms with Crippen LogP contribution < -0.4 is 20.1 Å². The van der Waals surface area contributed by atoms with Crippen LogP contribution in [0.5, 0.6) is 11.5 Å². The topological polar surface area (TPSA) is 140 Å². The Morgan fingerprint density at radius 3 is 2.30 bits per heavy atom. The summed E-state index contributed by atoms with van der Waals surface area (Å²) in [4.78, 5) is 61.3. The van der Waals surface area contributed by atoms with Gasteiger partial charge in [-0.2, -0.15) is 0 Å². The maximum Gasteiger partial charge on any atom is 0.325 e. The van der Waals surface area contributed by atoms with Crippen molar-refractivity contribution in [2.24, 2.45) is 0 Å². The summed E-state index contributed by atoms with van der Waals surface area (Å²) >= 11 is 0. The van der Waals surface area contributed by atoms with E-state index in [1.54, 1.807) is 30.3 Å². The van der Waals surface area contributed by atoms with Gasteiger partial charge in [0.2, 0.25) is 0 Å². The fourth-order valence-corrected chi connectivity index (χ4v) is 3.31. The number of hydrogen-bond donors (Lipinski definition) is 2. The zero-order chi connectivity index (χ0) is 23.4. The Morgan fingerprint density at radius 2 is 1.61 bits per heavy atom. The first-order valence-electron chi connectivity index (χ1n) is 10.0. The molecule has 2 aliphatic rings. The van der Waals surface area contributed by atoms with Crippen molar-refractivity contribution in [3.63, 3.8) is 0 Å². The smallest absolute Gasteiger partial charge is 0.325 e. The Morgan fingerprint density at radius 1 is 0.939 bits per heavy atom. The fraction of sp³-hybridized carbons (Fsp3) is 0.227. The lowest BCUT2D eigenvalue weighted by molar-refractivity contribution is -0.148. The van der Waals surface area contributed by atoms with E-state index in [0.717, 1.165) is 4.90 Å². The van der Waals surface area contributed by atoms with Crippen LogP contribution in [0, 0.1) is 0 Å². The molecule has 0 saturated carbocycles. The lowest BCUT2D eigenvalue weighted by Crippen LogP contribution is -2.37. The number of fused-ring (bicyclic) bond motifs is 2. The Hall–Kier alpha value is -4.41. The van der Waals surface area contributed by atoms with Gasteiger partial charge in [0, 0.05) is 18.3 Å². The predicted octanol–water partition coefficient (Wildman–Crippen LogP) is 1.34. The molecule has 0 fully saturated rings. The molecule has 5 amide bonds. The van der Waals surface area contributed by atoms with E-state index in [0.29, 0.717) is 30.4 Å². The molecule has 0 atom stereocenters. The van der Waals surface area contributed by atoms with Crippen LogP contribution in [0.15, 0.2) is 42.5 Å². The number of nitrogens with one attached hydrogen (secondary N) is 2. The van der Waals surface area contributed by atoms with Crippen LogP contribution >= 0.6 is 0 Å². The third-order valence-electron chi connectivity index (χ3n) is 4.83. The van der Waals surface area contributed by atoms with E-state index in [1.165, 1.54) is 12.1 Å². The first-order valence-corrected chi connectivity index (χ1v) is 10.0. The number of esters is 1. The van der Waals surface area contributed by atoms with Crippen molar-refractivity contribution in [3.8, 4) is 11.5 Å². The van der Waals surface area contributed by atoms with Gasteiger partial charge >= 0.3 is 12.0 Å². The Balaban J connectivity index is 1.19. The van der Waals surface area contributed by atoms with Gasteiger partial charge in [-0.3, -0.25) is 29.4 Å². The molecule has 0 saturated heterocycles. The molecule has 0 aliphatic carbocycles. The molecule has 11 nitrogen and oxygen atoms in total. The molecule has 0 radical (unpaired) electrons. The van der Waals surface area contributed by atoms with Gasteiger partial charge in [-0.15, -0.1) is 0 Å². The van der Waals surface area contributed by atoms with Gasteiger partial charge in [-0.1, -0.05) is 12.1 Å². The van der Waals surface area contributed by atoms with Crippen LogP contribution in [-0.4, -0.2) is 61.0 Å². The number of amides is 5. The van der Waals surface area contributed by atoms with Crippen molar-refractivity contribution in [1.82, 2.24) is 10.2 Å². The maximum absolute atomic E-state index is 12.3. The summed E-state index contributed by atoms with van der Waals surface area (Å²) in [6, 6.07) is 10.3. The minimum absolute atomic E-state index is 0.183. The second-order valence-electron chi connectivity index (χ2n) is 7.08. The number of nitrogens with zero attached hydrogens (tertiary/aromatic N) is 1.